The van der Waals surface area contributed by atoms with Crippen molar-refractivity contribution in [2.24, 2.45) is 5.92 Å². The molecule has 0 unspecified atom stereocenters. The maximum Gasteiger partial charge on any atom is 0.317 e. The van der Waals surface area contributed by atoms with Crippen LogP contribution in [0, 0.1) is 5.92 Å². The minimum absolute atomic E-state index is 0.0909. The molecule has 3 heterocycles. The van der Waals surface area contributed by atoms with Gasteiger partial charge in [-0.15, -0.1) is 0 Å². The van der Waals surface area contributed by atoms with Gasteiger partial charge in [0.15, 0.2) is 0 Å². The van der Waals surface area contributed by atoms with E-state index in [9.17, 15) is 4.79 Å². The van der Waals surface area contributed by atoms with Gasteiger partial charge in [0, 0.05) is 39.3 Å². The van der Waals surface area contributed by atoms with Crippen LogP contribution in [-0.2, 0) is 6.54 Å². The normalized spacial score (nSPS) is 20.4. The van der Waals surface area contributed by atoms with E-state index in [1.165, 1.54) is 25.9 Å². The molecule has 2 amide bonds. The molecule has 1 aromatic rings. The molecule has 0 atom stereocenters. The number of piperazine rings is 1. The first-order valence-corrected chi connectivity index (χ1v) is 10.0. The predicted octanol–water partition coefficient (Wildman–Crippen LogP) is 0.727. The van der Waals surface area contributed by atoms with Gasteiger partial charge in [0.05, 0.1) is 6.54 Å². The van der Waals surface area contributed by atoms with Gasteiger partial charge in [-0.25, -0.2) is 9.78 Å². The number of likely N-dealkylation sites (tertiary alicyclic amines) is 1. The Morgan fingerprint density at radius 1 is 1.04 bits per heavy atom. The number of hydrogen-bond acceptors (Lipinski definition) is 5. The van der Waals surface area contributed by atoms with Crippen LogP contribution in [0.3, 0.4) is 0 Å². The number of urea groups is 1. The number of nitrogens with one attached hydrogen (secondary N) is 1. The lowest BCUT2D eigenvalue weighted by Crippen LogP contribution is -2.52. The standard InChI is InChI=1S/C18H33N7O/c1-17-3-7-22(8-4-17)6-2-5-20-18(26)24-12-9-23(10-13-24)11-14-25-16-19-15-21-25/h15-17H,2-14H2,1H3,(H,20,26). The minimum atomic E-state index is 0.0909. The summed E-state index contributed by atoms with van der Waals surface area (Å²) in [5.74, 6) is 0.876. The van der Waals surface area contributed by atoms with E-state index in [1.54, 1.807) is 12.7 Å². The molecule has 8 nitrogen and oxygen atoms in total. The van der Waals surface area contributed by atoms with Crippen LogP contribution in [0.25, 0.3) is 0 Å². The van der Waals surface area contributed by atoms with Crippen LogP contribution in [0.5, 0.6) is 0 Å². The Kier molecular flexibility index (Phi) is 7.25. The van der Waals surface area contributed by atoms with Gasteiger partial charge in [0.2, 0.25) is 0 Å². The lowest BCUT2D eigenvalue weighted by atomic mass is 9.99. The molecule has 2 aliphatic rings. The molecule has 2 aliphatic heterocycles. The highest BCUT2D eigenvalue weighted by molar-refractivity contribution is 5.74. The SMILES string of the molecule is CC1CCN(CCCNC(=O)N2CCN(CCn3cncn3)CC2)CC1. The topological polar surface area (TPSA) is 69.5 Å². The quantitative estimate of drug-likeness (QED) is 0.723. The summed E-state index contributed by atoms with van der Waals surface area (Å²) in [6.07, 6.45) is 6.97. The Balaban J connectivity index is 1.24. The molecular formula is C18H33N7O. The van der Waals surface area contributed by atoms with Crippen LogP contribution >= 0.6 is 0 Å². The fourth-order valence-electron chi connectivity index (χ4n) is 3.66. The highest BCUT2D eigenvalue weighted by Gasteiger charge is 2.21. The van der Waals surface area contributed by atoms with Crippen molar-refractivity contribution in [1.29, 1.82) is 0 Å². The summed E-state index contributed by atoms with van der Waals surface area (Å²) in [6, 6.07) is 0.0909. The smallest absolute Gasteiger partial charge is 0.317 e. The van der Waals surface area contributed by atoms with Gasteiger partial charge in [0.1, 0.15) is 12.7 Å². The molecular weight excluding hydrogens is 330 g/mol. The van der Waals surface area contributed by atoms with Crippen LogP contribution < -0.4 is 5.32 Å². The summed E-state index contributed by atoms with van der Waals surface area (Å²) in [5, 5.41) is 7.21. The third kappa shape index (κ3) is 5.95. The molecule has 0 saturated carbocycles. The zero-order chi connectivity index (χ0) is 18.2. The summed E-state index contributed by atoms with van der Waals surface area (Å²) in [4.78, 5) is 23.1. The van der Waals surface area contributed by atoms with Gasteiger partial charge in [-0.05, 0) is 44.8 Å². The maximum atomic E-state index is 12.3. The number of amides is 2. The molecule has 1 aromatic heterocycles. The van der Waals surface area contributed by atoms with Gasteiger partial charge < -0.3 is 15.1 Å². The Morgan fingerprint density at radius 3 is 2.46 bits per heavy atom. The number of carbonyl (C=O) groups excluding carboxylic acids is 1. The van der Waals surface area contributed by atoms with Crippen molar-refractivity contribution in [2.75, 3.05) is 58.9 Å². The molecule has 2 fully saturated rings. The summed E-state index contributed by atoms with van der Waals surface area (Å²) in [7, 11) is 0. The second kappa shape index (κ2) is 9.87. The summed E-state index contributed by atoms with van der Waals surface area (Å²) < 4.78 is 1.85. The lowest BCUT2D eigenvalue weighted by molar-refractivity contribution is 0.135. The van der Waals surface area contributed by atoms with Gasteiger partial charge in [-0.3, -0.25) is 9.58 Å². The van der Waals surface area contributed by atoms with Crippen molar-refractivity contribution in [3.63, 3.8) is 0 Å². The molecule has 2 saturated heterocycles. The third-order valence-corrected chi connectivity index (χ3v) is 5.58. The number of nitrogens with zero attached hydrogens (tertiary/aromatic N) is 6. The number of rotatable bonds is 7. The third-order valence-electron chi connectivity index (χ3n) is 5.58. The Bertz CT molecular complexity index is 520. The Labute approximate surface area is 156 Å². The maximum absolute atomic E-state index is 12.3. The average molecular weight is 364 g/mol. The predicted molar refractivity (Wildman–Crippen MR) is 101 cm³/mol. The van der Waals surface area contributed by atoms with Crippen molar-refractivity contribution >= 4 is 6.03 Å². The first-order valence-electron chi connectivity index (χ1n) is 10.0. The van der Waals surface area contributed by atoms with Crippen LogP contribution in [0.4, 0.5) is 4.79 Å². The fraction of sp³-hybridized carbons (Fsp3) is 0.833. The molecule has 3 rings (SSSR count). The number of hydrogen-bond donors (Lipinski definition) is 1. The second-order valence-electron chi connectivity index (χ2n) is 7.60. The Hall–Kier alpha value is -1.67. The minimum Gasteiger partial charge on any atom is -0.338 e. The summed E-state index contributed by atoms with van der Waals surface area (Å²) in [6.45, 7) is 11.9. The monoisotopic (exact) mass is 363 g/mol. The molecule has 0 spiro atoms. The van der Waals surface area contributed by atoms with E-state index >= 15 is 0 Å². The van der Waals surface area contributed by atoms with E-state index in [0.29, 0.717) is 0 Å². The van der Waals surface area contributed by atoms with Gasteiger partial charge >= 0.3 is 6.03 Å². The molecule has 0 aliphatic carbocycles. The van der Waals surface area contributed by atoms with Crippen molar-refractivity contribution < 1.29 is 4.79 Å². The zero-order valence-electron chi connectivity index (χ0n) is 16.0. The largest absolute Gasteiger partial charge is 0.338 e. The molecule has 0 aromatic carbocycles. The number of carbonyl (C=O) groups is 1. The molecule has 0 bridgehead atoms. The number of aromatic nitrogens is 3. The molecule has 146 valence electrons. The van der Waals surface area contributed by atoms with Gasteiger partial charge in [-0.2, -0.15) is 5.10 Å². The zero-order valence-corrected chi connectivity index (χ0v) is 16.0. The van der Waals surface area contributed by atoms with E-state index in [-0.39, 0.29) is 6.03 Å². The van der Waals surface area contributed by atoms with Crippen LogP contribution in [0.2, 0.25) is 0 Å². The van der Waals surface area contributed by atoms with Gasteiger partial charge in [0.25, 0.3) is 0 Å². The summed E-state index contributed by atoms with van der Waals surface area (Å²) in [5.41, 5.74) is 0. The highest BCUT2D eigenvalue weighted by atomic mass is 16.2. The number of piperidine rings is 1. The van der Waals surface area contributed by atoms with E-state index in [4.69, 9.17) is 0 Å². The molecule has 1 N–H and O–H groups in total. The van der Waals surface area contributed by atoms with E-state index in [0.717, 1.165) is 64.7 Å². The molecule has 0 radical (unpaired) electrons. The average Bonchev–Trinajstić information content (AvgIpc) is 3.19. The first kappa shape index (κ1) is 19.1. The van der Waals surface area contributed by atoms with Crippen LogP contribution in [0.15, 0.2) is 12.7 Å². The molecule has 26 heavy (non-hydrogen) atoms. The van der Waals surface area contributed by atoms with E-state index in [1.807, 2.05) is 9.58 Å². The van der Waals surface area contributed by atoms with E-state index in [2.05, 4.69) is 32.1 Å². The Morgan fingerprint density at radius 2 is 1.77 bits per heavy atom. The van der Waals surface area contributed by atoms with Crippen LogP contribution in [0.1, 0.15) is 26.2 Å². The van der Waals surface area contributed by atoms with Crippen molar-refractivity contribution in [3.05, 3.63) is 12.7 Å². The van der Waals surface area contributed by atoms with E-state index < -0.39 is 0 Å². The second-order valence-corrected chi connectivity index (χ2v) is 7.60. The van der Waals surface area contributed by atoms with Crippen molar-refractivity contribution in [1.82, 2.24) is 34.8 Å². The highest BCUT2D eigenvalue weighted by Crippen LogP contribution is 2.15. The van der Waals surface area contributed by atoms with Crippen LogP contribution in [-0.4, -0.2) is 94.4 Å². The van der Waals surface area contributed by atoms with Gasteiger partial charge in [-0.1, -0.05) is 6.92 Å². The fourth-order valence-corrected chi connectivity index (χ4v) is 3.66. The summed E-state index contributed by atoms with van der Waals surface area (Å²) >= 11 is 0. The van der Waals surface area contributed by atoms with Crippen molar-refractivity contribution in [3.8, 4) is 0 Å². The lowest BCUT2D eigenvalue weighted by Gasteiger charge is -2.34. The molecule has 8 heteroatoms. The van der Waals surface area contributed by atoms with Crippen molar-refractivity contribution in [2.45, 2.75) is 32.7 Å². The first-order chi connectivity index (χ1) is 12.7.